The van der Waals surface area contributed by atoms with Crippen LogP contribution in [0.25, 0.3) is 0 Å². The fourth-order valence-corrected chi connectivity index (χ4v) is 3.44. The van der Waals surface area contributed by atoms with Crippen molar-refractivity contribution < 1.29 is 0 Å². The Morgan fingerprint density at radius 3 is 2.79 bits per heavy atom. The van der Waals surface area contributed by atoms with Crippen LogP contribution in [0.2, 0.25) is 5.02 Å². The molecule has 2 aliphatic heterocycles. The van der Waals surface area contributed by atoms with Crippen molar-refractivity contribution in [2.24, 2.45) is 0 Å². The number of halogens is 1. The van der Waals surface area contributed by atoms with Gasteiger partial charge in [0, 0.05) is 13.1 Å². The molecular formula is C16H15ClN2. The average Bonchev–Trinajstić information content (AvgIpc) is 2.45. The van der Waals surface area contributed by atoms with Crippen molar-refractivity contribution in [1.29, 1.82) is 0 Å². The molecule has 1 unspecified atom stereocenters. The van der Waals surface area contributed by atoms with Gasteiger partial charge in [0.15, 0.2) is 0 Å². The van der Waals surface area contributed by atoms with E-state index in [2.05, 4.69) is 40.5 Å². The molecule has 0 saturated heterocycles. The highest BCUT2D eigenvalue weighted by molar-refractivity contribution is 6.34. The number of fused-ring (bicyclic) bond motifs is 4. The molecule has 4 rings (SSSR count). The van der Waals surface area contributed by atoms with E-state index in [-0.39, 0.29) is 0 Å². The smallest absolute Gasteiger partial charge is 0.0768 e. The molecule has 0 aromatic heterocycles. The Labute approximate surface area is 118 Å². The topological polar surface area (TPSA) is 15.3 Å². The van der Waals surface area contributed by atoms with Crippen LogP contribution in [0.5, 0.6) is 0 Å². The summed E-state index contributed by atoms with van der Waals surface area (Å²) in [5.41, 5.74) is 5.24. The van der Waals surface area contributed by atoms with Gasteiger partial charge in [-0.2, -0.15) is 0 Å². The first-order chi connectivity index (χ1) is 9.33. The van der Waals surface area contributed by atoms with Gasteiger partial charge in [-0.25, -0.2) is 0 Å². The van der Waals surface area contributed by atoms with Gasteiger partial charge in [0.2, 0.25) is 0 Å². The molecule has 2 nitrogen and oxygen atoms in total. The molecule has 0 spiro atoms. The fourth-order valence-electron chi connectivity index (χ4n) is 3.20. The predicted octanol–water partition coefficient (Wildman–Crippen LogP) is 3.70. The van der Waals surface area contributed by atoms with Gasteiger partial charge in [-0.1, -0.05) is 41.9 Å². The molecule has 2 aromatic rings. The summed E-state index contributed by atoms with van der Waals surface area (Å²) < 4.78 is 0. The molecule has 0 saturated carbocycles. The molecule has 0 radical (unpaired) electrons. The van der Waals surface area contributed by atoms with Gasteiger partial charge in [0.05, 0.1) is 22.4 Å². The van der Waals surface area contributed by atoms with E-state index in [1.54, 1.807) is 0 Å². The van der Waals surface area contributed by atoms with Crippen LogP contribution in [-0.2, 0) is 13.0 Å². The third-order valence-electron chi connectivity index (χ3n) is 4.17. The summed E-state index contributed by atoms with van der Waals surface area (Å²) in [6.07, 6.45) is 1.11. The molecular weight excluding hydrogens is 256 g/mol. The van der Waals surface area contributed by atoms with Crippen molar-refractivity contribution in [3.63, 3.8) is 0 Å². The average molecular weight is 271 g/mol. The first-order valence-electron chi connectivity index (χ1n) is 6.69. The van der Waals surface area contributed by atoms with E-state index in [9.17, 15) is 0 Å². The normalized spacial score (nSPS) is 20.1. The fraction of sp³-hybridized carbons (Fsp3) is 0.250. The zero-order valence-electron chi connectivity index (χ0n) is 10.6. The predicted molar refractivity (Wildman–Crippen MR) is 80.1 cm³/mol. The quantitative estimate of drug-likeness (QED) is 0.785. The Hall–Kier alpha value is -1.67. The number of rotatable bonds is 0. The maximum atomic E-state index is 6.28. The number of hydrogen-bond donors (Lipinski definition) is 1. The lowest BCUT2D eigenvalue weighted by molar-refractivity contribution is 0.562. The summed E-state index contributed by atoms with van der Waals surface area (Å²) >= 11 is 6.28. The SMILES string of the molecule is Clc1cccc2c1NCC1Cc3ccccc3CN21. The Morgan fingerprint density at radius 2 is 1.89 bits per heavy atom. The zero-order chi connectivity index (χ0) is 12.8. The van der Waals surface area contributed by atoms with Crippen LogP contribution >= 0.6 is 11.6 Å². The highest BCUT2D eigenvalue weighted by Gasteiger charge is 2.31. The first kappa shape index (κ1) is 11.2. The van der Waals surface area contributed by atoms with Gasteiger partial charge in [-0.05, 0) is 29.7 Å². The minimum atomic E-state index is 0.529. The van der Waals surface area contributed by atoms with Crippen molar-refractivity contribution in [3.8, 4) is 0 Å². The highest BCUT2D eigenvalue weighted by atomic mass is 35.5. The molecule has 2 aromatic carbocycles. The van der Waals surface area contributed by atoms with Crippen molar-refractivity contribution in [2.75, 3.05) is 16.8 Å². The molecule has 0 bridgehead atoms. The second kappa shape index (κ2) is 4.17. The van der Waals surface area contributed by atoms with E-state index in [1.807, 2.05) is 12.1 Å². The lowest BCUT2D eigenvalue weighted by Crippen LogP contribution is -2.47. The number of hydrogen-bond acceptors (Lipinski definition) is 2. The molecule has 1 N–H and O–H groups in total. The zero-order valence-corrected chi connectivity index (χ0v) is 11.3. The van der Waals surface area contributed by atoms with Gasteiger partial charge < -0.3 is 10.2 Å². The maximum absolute atomic E-state index is 6.28. The van der Waals surface area contributed by atoms with Crippen molar-refractivity contribution in [1.82, 2.24) is 0 Å². The largest absolute Gasteiger partial charge is 0.380 e. The van der Waals surface area contributed by atoms with Crippen LogP contribution in [-0.4, -0.2) is 12.6 Å². The first-order valence-corrected chi connectivity index (χ1v) is 7.06. The lowest BCUT2D eigenvalue weighted by Gasteiger charge is -2.43. The van der Waals surface area contributed by atoms with Crippen LogP contribution in [0.1, 0.15) is 11.1 Å². The monoisotopic (exact) mass is 270 g/mol. The molecule has 96 valence electrons. The molecule has 3 heteroatoms. The Bertz CT molecular complexity index is 638. The van der Waals surface area contributed by atoms with Crippen LogP contribution in [0.15, 0.2) is 42.5 Å². The third kappa shape index (κ3) is 1.71. The van der Waals surface area contributed by atoms with Crippen molar-refractivity contribution in [3.05, 3.63) is 58.6 Å². The van der Waals surface area contributed by atoms with Crippen LogP contribution in [0, 0.1) is 0 Å². The van der Waals surface area contributed by atoms with Gasteiger partial charge in [-0.15, -0.1) is 0 Å². The highest BCUT2D eigenvalue weighted by Crippen LogP contribution is 2.40. The summed E-state index contributed by atoms with van der Waals surface area (Å²) in [5, 5.41) is 4.30. The van der Waals surface area contributed by atoms with E-state index in [4.69, 9.17) is 11.6 Å². The molecule has 1 atom stereocenters. The van der Waals surface area contributed by atoms with Crippen LogP contribution in [0.3, 0.4) is 0 Å². The number of nitrogens with zero attached hydrogens (tertiary/aromatic N) is 1. The molecule has 19 heavy (non-hydrogen) atoms. The molecule has 2 heterocycles. The summed E-state index contributed by atoms with van der Waals surface area (Å²) in [4.78, 5) is 2.49. The second-order valence-electron chi connectivity index (χ2n) is 5.27. The molecule has 0 aliphatic carbocycles. The van der Waals surface area contributed by atoms with E-state index in [0.29, 0.717) is 6.04 Å². The Balaban J connectivity index is 1.80. The lowest BCUT2D eigenvalue weighted by atomic mass is 9.92. The molecule has 0 fully saturated rings. The van der Waals surface area contributed by atoms with E-state index in [1.165, 1.54) is 16.8 Å². The van der Waals surface area contributed by atoms with E-state index >= 15 is 0 Å². The van der Waals surface area contributed by atoms with Gasteiger partial charge in [-0.3, -0.25) is 0 Å². The summed E-state index contributed by atoms with van der Waals surface area (Å²) in [5.74, 6) is 0. The van der Waals surface area contributed by atoms with Crippen LogP contribution in [0.4, 0.5) is 11.4 Å². The standard InChI is InChI=1S/C16H15ClN2/c17-14-6-3-7-15-16(14)18-9-13-8-11-4-1-2-5-12(11)10-19(13)15/h1-7,13,18H,8-10H2. The summed E-state index contributed by atoms with van der Waals surface area (Å²) in [6.45, 7) is 1.95. The number of anilines is 2. The third-order valence-corrected chi connectivity index (χ3v) is 4.49. The van der Waals surface area contributed by atoms with Gasteiger partial charge in [0.1, 0.15) is 0 Å². The Kier molecular flexibility index (Phi) is 2.46. The number of benzene rings is 2. The molecule has 2 aliphatic rings. The van der Waals surface area contributed by atoms with Crippen molar-refractivity contribution in [2.45, 2.75) is 19.0 Å². The van der Waals surface area contributed by atoms with E-state index < -0.39 is 0 Å². The number of para-hydroxylation sites is 1. The second-order valence-corrected chi connectivity index (χ2v) is 5.68. The summed E-state index contributed by atoms with van der Waals surface area (Å²) in [6, 6.07) is 15.4. The summed E-state index contributed by atoms with van der Waals surface area (Å²) in [7, 11) is 0. The number of nitrogens with one attached hydrogen (secondary N) is 1. The van der Waals surface area contributed by atoms with E-state index in [0.717, 1.165) is 30.2 Å². The van der Waals surface area contributed by atoms with Crippen molar-refractivity contribution >= 4 is 23.0 Å². The van der Waals surface area contributed by atoms with Gasteiger partial charge >= 0.3 is 0 Å². The maximum Gasteiger partial charge on any atom is 0.0768 e. The minimum Gasteiger partial charge on any atom is -0.380 e. The Morgan fingerprint density at radius 1 is 1.05 bits per heavy atom. The van der Waals surface area contributed by atoms with Gasteiger partial charge in [0.25, 0.3) is 0 Å². The molecule has 0 amide bonds. The van der Waals surface area contributed by atoms with Crippen LogP contribution < -0.4 is 10.2 Å². The minimum absolute atomic E-state index is 0.529.